The maximum atomic E-state index is 5.90. The van der Waals surface area contributed by atoms with Crippen molar-refractivity contribution < 1.29 is 4.74 Å². The van der Waals surface area contributed by atoms with Crippen molar-refractivity contribution in [2.75, 3.05) is 6.61 Å². The second-order valence-electron chi connectivity index (χ2n) is 7.65. The molecule has 144 valence electrons. The Labute approximate surface area is 161 Å². The van der Waals surface area contributed by atoms with Crippen LogP contribution in [0.25, 0.3) is 5.57 Å². The molecule has 0 amide bonds. The van der Waals surface area contributed by atoms with Gasteiger partial charge < -0.3 is 4.74 Å². The average molecular weight is 355 g/mol. The highest BCUT2D eigenvalue weighted by molar-refractivity contribution is 5.75. The number of unbranched alkanes of at least 4 members (excludes halogenated alkanes) is 7. The van der Waals surface area contributed by atoms with Gasteiger partial charge in [0.25, 0.3) is 0 Å². The highest BCUT2D eigenvalue weighted by Crippen LogP contribution is 2.27. The van der Waals surface area contributed by atoms with Gasteiger partial charge in [-0.15, -0.1) is 0 Å². The van der Waals surface area contributed by atoms with Gasteiger partial charge in [-0.1, -0.05) is 95.6 Å². The quantitative estimate of drug-likeness (QED) is 0.326. The molecule has 1 unspecified atom stereocenters. The summed E-state index contributed by atoms with van der Waals surface area (Å²) in [5, 5.41) is 0. The summed E-state index contributed by atoms with van der Waals surface area (Å²) >= 11 is 0. The van der Waals surface area contributed by atoms with Gasteiger partial charge in [-0.25, -0.2) is 0 Å². The molecular formula is C25H38O. The van der Waals surface area contributed by atoms with Crippen molar-refractivity contribution in [2.24, 2.45) is 5.92 Å². The van der Waals surface area contributed by atoms with Crippen molar-refractivity contribution in [2.45, 2.75) is 84.5 Å². The molecule has 1 aromatic rings. The lowest BCUT2D eigenvalue weighted by atomic mass is 9.90. The van der Waals surface area contributed by atoms with Crippen LogP contribution in [0.1, 0.15) is 90.0 Å². The van der Waals surface area contributed by atoms with E-state index in [-0.39, 0.29) is 0 Å². The van der Waals surface area contributed by atoms with Gasteiger partial charge >= 0.3 is 0 Å². The molecule has 1 aromatic carbocycles. The third kappa shape index (κ3) is 7.81. The number of hydrogen-bond acceptors (Lipinski definition) is 1. The molecule has 0 saturated carbocycles. The van der Waals surface area contributed by atoms with Gasteiger partial charge in [0, 0.05) is 0 Å². The van der Waals surface area contributed by atoms with Crippen molar-refractivity contribution in [1.82, 2.24) is 0 Å². The molecule has 0 saturated heterocycles. The van der Waals surface area contributed by atoms with Gasteiger partial charge in [0.1, 0.15) is 5.75 Å². The van der Waals surface area contributed by atoms with Crippen LogP contribution in [0.2, 0.25) is 0 Å². The number of allylic oxidation sites excluding steroid dienone is 4. The highest BCUT2D eigenvalue weighted by Gasteiger charge is 2.09. The zero-order chi connectivity index (χ0) is 18.5. The SMILES string of the molecule is CCCCCCCCCCOc1ccc(C2=CCC(CCC)C=C2)cc1. The largest absolute Gasteiger partial charge is 0.494 e. The molecule has 0 fully saturated rings. The summed E-state index contributed by atoms with van der Waals surface area (Å²) in [6, 6.07) is 8.62. The zero-order valence-electron chi connectivity index (χ0n) is 17.0. The molecule has 1 atom stereocenters. The van der Waals surface area contributed by atoms with E-state index in [0.29, 0.717) is 0 Å². The maximum absolute atomic E-state index is 5.90. The van der Waals surface area contributed by atoms with Crippen molar-refractivity contribution in [1.29, 1.82) is 0 Å². The number of rotatable bonds is 13. The third-order valence-corrected chi connectivity index (χ3v) is 5.30. The van der Waals surface area contributed by atoms with Crippen LogP contribution in [-0.4, -0.2) is 6.61 Å². The Bertz CT molecular complexity index is 538. The Morgan fingerprint density at radius 3 is 2.15 bits per heavy atom. The zero-order valence-corrected chi connectivity index (χ0v) is 17.0. The van der Waals surface area contributed by atoms with Crippen LogP contribution < -0.4 is 4.74 Å². The van der Waals surface area contributed by atoms with Crippen molar-refractivity contribution >= 4 is 5.57 Å². The fraction of sp³-hybridized carbons (Fsp3) is 0.600. The Balaban J connectivity index is 1.62. The lowest BCUT2D eigenvalue weighted by Gasteiger charge is -2.15. The molecule has 2 rings (SSSR count). The highest BCUT2D eigenvalue weighted by atomic mass is 16.5. The van der Waals surface area contributed by atoms with Crippen LogP contribution in [0, 0.1) is 5.92 Å². The topological polar surface area (TPSA) is 9.23 Å². The van der Waals surface area contributed by atoms with Gasteiger partial charge in [-0.3, -0.25) is 0 Å². The van der Waals surface area contributed by atoms with Crippen LogP contribution in [0.15, 0.2) is 42.5 Å². The minimum Gasteiger partial charge on any atom is -0.494 e. The van der Waals surface area contributed by atoms with E-state index in [2.05, 4.69) is 56.3 Å². The van der Waals surface area contributed by atoms with Crippen LogP contribution in [0.4, 0.5) is 0 Å². The monoisotopic (exact) mass is 354 g/mol. The van der Waals surface area contributed by atoms with E-state index in [9.17, 15) is 0 Å². The molecule has 1 aliphatic carbocycles. The number of ether oxygens (including phenoxy) is 1. The first-order valence-electron chi connectivity index (χ1n) is 10.9. The van der Waals surface area contributed by atoms with E-state index in [1.54, 1.807) is 0 Å². The first-order valence-corrected chi connectivity index (χ1v) is 10.9. The normalized spacial score (nSPS) is 16.5. The van der Waals surface area contributed by atoms with Gasteiger partial charge in [0.2, 0.25) is 0 Å². The van der Waals surface area contributed by atoms with E-state index in [1.165, 1.54) is 81.8 Å². The van der Waals surface area contributed by atoms with Crippen LogP contribution in [0.3, 0.4) is 0 Å². The molecule has 26 heavy (non-hydrogen) atoms. The number of benzene rings is 1. The fourth-order valence-electron chi connectivity index (χ4n) is 3.63. The molecule has 0 aromatic heterocycles. The molecule has 1 heteroatoms. The minimum absolute atomic E-state index is 0.734. The van der Waals surface area contributed by atoms with Crippen LogP contribution in [-0.2, 0) is 0 Å². The molecule has 0 N–H and O–H groups in total. The predicted octanol–water partition coefficient (Wildman–Crippen LogP) is 7.97. The van der Waals surface area contributed by atoms with Crippen LogP contribution >= 0.6 is 0 Å². The lowest BCUT2D eigenvalue weighted by molar-refractivity contribution is 0.304. The van der Waals surface area contributed by atoms with Gasteiger partial charge in [0.05, 0.1) is 6.61 Å². The van der Waals surface area contributed by atoms with Crippen molar-refractivity contribution in [3.8, 4) is 5.75 Å². The predicted molar refractivity (Wildman–Crippen MR) is 115 cm³/mol. The lowest BCUT2D eigenvalue weighted by Crippen LogP contribution is -1.99. The number of hydrogen-bond donors (Lipinski definition) is 0. The third-order valence-electron chi connectivity index (χ3n) is 5.30. The second kappa shape index (κ2) is 12.8. The molecule has 0 aliphatic heterocycles. The molecule has 1 nitrogen and oxygen atoms in total. The van der Waals surface area contributed by atoms with Gasteiger partial charge in [-0.05, 0) is 48.4 Å². The fourth-order valence-corrected chi connectivity index (χ4v) is 3.63. The Hall–Kier alpha value is -1.50. The molecule has 1 aliphatic rings. The van der Waals surface area contributed by atoms with Gasteiger partial charge in [0.15, 0.2) is 0 Å². The van der Waals surface area contributed by atoms with E-state index < -0.39 is 0 Å². The first-order chi connectivity index (χ1) is 12.8. The minimum atomic E-state index is 0.734. The van der Waals surface area contributed by atoms with E-state index in [1.807, 2.05) is 0 Å². The van der Waals surface area contributed by atoms with E-state index in [0.717, 1.165) is 18.3 Å². The Morgan fingerprint density at radius 1 is 0.846 bits per heavy atom. The second-order valence-corrected chi connectivity index (χ2v) is 7.65. The summed E-state index contributed by atoms with van der Waals surface area (Å²) in [5.41, 5.74) is 2.66. The Kier molecular flexibility index (Phi) is 10.2. The van der Waals surface area contributed by atoms with Crippen molar-refractivity contribution in [3.63, 3.8) is 0 Å². The first kappa shape index (κ1) is 20.8. The van der Waals surface area contributed by atoms with Gasteiger partial charge in [-0.2, -0.15) is 0 Å². The molecular weight excluding hydrogens is 316 g/mol. The molecule has 0 spiro atoms. The van der Waals surface area contributed by atoms with E-state index in [4.69, 9.17) is 4.74 Å². The maximum Gasteiger partial charge on any atom is 0.119 e. The smallest absolute Gasteiger partial charge is 0.119 e. The molecule has 0 bridgehead atoms. The summed E-state index contributed by atoms with van der Waals surface area (Å²) in [7, 11) is 0. The molecule has 0 heterocycles. The van der Waals surface area contributed by atoms with E-state index >= 15 is 0 Å². The average Bonchev–Trinajstić information content (AvgIpc) is 2.68. The summed E-state index contributed by atoms with van der Waals surface area (Å²) in [5.74, 6) is 1.74. The summed E-state index contributed by atoms with van der Waals surface area (Å²) in [4.78, 5) is 0. The van der Waals surface area contributed by atoms with Crippen molar-refractivity contribution in [3.05, 3.63) is 48.1 Å². The standard InChI is InChI=1S/C25H38O/c1-3-5-6-7-8-9-10-11-21-26-25-19-17-24(18-20-25)23-15-13-22(12-4-2)14-16-23/h13,15-20,22H,3-12,14,21H2,1-2H3. The Morgan fingerprint density at radius 2 is 1.54 bits per heavy atom. The summed E-state index contributed by atoms with van der Waals surface area (Å²) < 4.78 is 5.90. The summed E-state index contributed by atoms with van der Waals surface area (Å²) in [6.45, 7) is 5.38. The molecule has 0 radical (unpaired) electrons. The summed E-state index contributed by atoms with van der Waals surface area (Å²) in [6.07, 6.45) is 21.5. The van der Waals surface area contributed by atoms with Crippen LogP contribution in [0.5, 0.6) is 5.75 Å².